The average molecular weight is 347 g/mol. The van der Waals surface area contributed by atoms with Crippen LogP contribution < -0.4 is 5.32 Å². The summed E-state index contributed by atoms with van der Waals surface area (Å²) in [6, 6.07) is 0.360. The van der Waals surface area contributed by atoms with E-state index in [0.29, 0.717) is 6.04 Å². The zero-order chi connectivity index (χ0) is 17.1. The van der Waals surface area contributed by atoms with Gasteiger partial charge in [0.2, 0.25) is 0 Å². The van der Waals surface area contributed by atoms with Crippen molar-refractivity contribution in [3.05, 3.63) is 12.4 Å². The molecule has 2 atom stereocenters. The van der Waals surface area contributed by atoms with Gasteiger partial charge in [-0.3, -0.25) is 4.68 Å². The van der Waals surface area contributed by atoms with Crippen molar-refractivity contribution in [3.63, 3.8) is 0 Å². The summed E-state index contributed by atoms with van der Waals surface area (Å²) >= 11 is 0. The quantitative estimate of drug-likeness (QED) is 0.887. The third-order valence-electron chi connectivity index (χ3n) is 5.60. The van der Waals surface area contributed by atoms with E-state index in [1.165, 1.54) is 25.9 Å². The Kier molecular flexibility index (Phi) is 5.22. The van der Waals surface area contributed by atoms with Crippen LogP contribution >= 0.6 is 0 Å². The first kappa shape index (κ1) is 16.8. The van der Waals surface area contributed by atoms with Crippen molar-refractivity contribution in [2.75, 3.05) is 38.1 Å². The largest absolute Gasteiger partial charge is 0.376 e. The highest BCUT2D eigenvalue weighted by molar-refractivity contribution is 5.89. The van der Waals surface area contributed by atoms with Crippen molar-refractivity contribution in [2.45, 2.75) is 57.2 Å². The lowest BCUT2D eigenvalue weighted by Crippen LogP contribution is -2.44. The van der Waals surface area contributed by atoms with Crippen molar-refractivity contribution in [3.8, 4) is 0 Å². The topological polar surface area (TPSA) is 62.6 Å². The Labute approximate surface area is 149 Å². The first-order chi connectivity index (χ1) is 12.3. The predicted octanol–water partition coefficient (Wildman–Crippen LogP) is 2.15. The number of amides is 2. The fourth-order valence-corrected chi connectivity index (χ4v) is 4.28. The first-order valence-electron chi connectivity index (χ1n) is 9.72. The summed E-state index contributed by atoms with van der Waals surface area (Å²) in [6.07, 6.45) is 10.9. The highest BCUT2D eigenvalue weighted by Gasteiger charge is 2.31. The summed E-state index contributed by atoms with van der Waals surface area (Å²) in [6.45, 7) is 5.85. The van der Waals surface area contributed by atoms with Gasteiger partial charge in [0.05, 0.1) is 24.5 Å². The highest BCUT2D eigenvalue weighted by atomic mass is 16.5. The van der Waals surface area contributed by atoms with Gasteiger partial charge in [0.25, 0.3) is 0 Å². The van der Waals surface area contributed by atoms with Crippen LogP contribution in [0.25, 0.3) is 0 Å². The van der Waals surface area contributed by atoms with Crippen LogP contribution in [0.3, 0.4) is 0 Å². The molecule has 4 rings (SSSR count). The van der Waals surface area contributed by atoms with Crippen LogP contribution in [0.1, 0.15) is 38.5 Å². The number of hydrogen-bond donors (Lipinski definition) is 1. The smallest absolute Gasteiger partial charge is 0.322 e. The summed E-state index contributed by atoms with van der Waals surface area (Å²) in [5.74, 6) is 0. The van der Waals surface area contributed by atoms with E-state index in [4.69, 9.17) is 4.74 Å². The fourth-order valence-electron chi connectivity index (χ4n) is 4.28. The molecule has 1 aromatic rings. The van der Waals surface area contributed by atoms with Gasteiger partial charge in [0.1, 0.15) is 0 Å². The lowest BCUT2D eigenvalue weighted by Gasteiger charge is -2.28. The molecule has 1 N–H and O–H groups in total. The van der Waals surface area contributed by atoms with Crippen LogP contribution in [0.5, 0.6) is 0 Å². The molecule has 3 saturated heterocycles. The summed E-state index contributed by atoms with van der Waals surface area (Å²) in [5.41, 5.74) is 0.773. The minimum atomic E-state index is 0.0124. The minimum Gasteiger partial charge on any atom is -0.376 e. The predicted molar refractivity (Wildman–Crippen MR) is 95.6 cm³/mol. The summed E-state index contributed by atoms with van der Waals surface area (Å²) in [5, 5.41) is 7.39. The van der Waals surface area contributed by atoms with Gasteiger partial charge in [-0.05, 0) is 51.6 Å². The number of carbonyl (C=O) groups is 1. The number of hydrogen-bond acceptors (Lipinski definition) is 4. The van der Waals surface area contributed by atoms with Crippen LogP contribution in [0.4, 0.5) is 10.5 Å². The second kappa shape index (κ2) is 7.74. The van der Waals surface area contributed by atoms with E-state index >= 15 is 0 Å². The van der Waals surface area contributed by atoms with Crippen LogP contribution in [-0.4, -0.2) is 70.5 Å². The molecule has 0 bridgehead atoms. The van der Waals surface area contributed by atoms with E-state index in [1.807, 2.05) is 15.8 Å². The number of nitrogens with zero attached hydrogens (tertiary/aromatic N) is 4. The molecule has 3 aliphatic rings. The Morgan fingerprint density at radius 1 is 1.16 bits per heavy atom. The molecule has 0 aromatic carbocycles. The second-order valence-electron chi connectivity index (χ2n) is 7.51. The molecular formula is C18H29N5O2. The molecule has 0 aliphatic carbocycles. The van der Waals surface area contributed by atoms with Crippen molar-refractivity contribution in [1.82, 2.24) is 19.6 Å². The number of urea groups is 1. The van der Waals surface area contributed by atoms with Gasteiger partial charge in [0, 0.05) is 31.9 Å². The van der Waals surface area contributed by atoms with E-state index in [-0.39, 0.29) is 12.1 Å². The average Bonchev–Trinajstić information content (AvgIpc) is 3.36. The molecular weight excluding hydrogens is 318 g/mol. The molecule has 0 spiro atoms. The monoisotopic (exact) mass is 347 g/mol. The Morgan fingerprint density at radius 2 is 2.04 bits per heavy atom. The Bertz CT molecular complexity index is 578. The molecule has 0 unspecified atom stereocenters. The maximum atomic E-state index is 12.7. The van der Waals surface area contributed by atoms with Gasteiger partial charge >= 0.3 is 6.03 Å². The van der Waals surface area contributed by atoms with E-state index in [9.17, 15) is 4.79 Å². The number of nitrogens with one attached hydrogen (secondary N) is 1. The molecule has 2 amide bonds. The standard InChI is InChI=1S/C18H29N5O2/c24-18(23-9-3-5-16(23)13-21-7-1-2-8-21)20-15-11-19-22(12-15)14-17-6-4-10-25-17/h11-12,16-17H,1-10,13-14H2,(H,20,24)/t16-,17+/m0/s1. The number of ether oxygens (including phenoxy) is 1. The summed E-state index contributed by atoms with van der Waals surface area (Å²) in [4.78, 5) is 17.2. The second-order valence-corrected chi connectivity index (χ2v) is 7.51. The van der Waals surface area contributed by atoms with Crippen LogP contribution in [0.2, 0.25) is 0 Å². The SMILES string of the molecule is O=C(Nc1cnn(C[C@H]2CCCO2)c1)N1CCC[C@H]1CN1CCCC1. The van der Waals surface area contributed by atoms with Gasteiger partial charge in [0.15, 0.2) is 0 Å². The molecule has 4 heterocycles. The maximum Gasteiger partial charge on any atom is 0.322 e. The zero-order valence-electron chi connectivity index (χ0n) is 14.9. The summed E-state index contributed by atoms with van der Waals surface area (Å²) < 4.78 is 7.52. The molecule has 1 aromatic heterocycles. The summed E-state index contributed by atoms with van der Waals surface area (Å²) in [7, 11) is 0. The Morgan fingerprint density at radius 3 is 2.84 bits per heavy atom. The van der Waals surface area contributed by atoms with E-state index in [2.05, 4.69) is 15.3 Å². The molecule has 3 fully saturated rings. The van der Waals surface area contributed by atoms with Crippen molar-refractivity contribution < 1.29 is 9.53 Å². The van der Waals surface area contributed by atoms with Crippen LogP contribution in [-0.2, 0) is 11.3 Å². The van der Waals surface area contributed by atoms with E-state index < -0.39 is 0 Å². The normalized spacial score (nSPS) is 27.3. The van der Waals surface area contributed by atoms with Crippen LogP contribution in [0, 0.1) is 0 Å². The number of rotatable bonds is 5. The number of likely N-dealkylation sites (tertiary alicyclic amines) is 2. The van der Waals surface area contributed by atoms with Gasteiger partial charge < -0.3 is 19.9 Å². The van der Waals surface area contributed by atoms with E-state index in [0.717, 1.165) is 57.6 Å². The molecule has 7 heteroatoms. The van der Waals surface area contributed by atoms with Crippen LogP contribution in [0.15, 0.2) is 12.4 Å². The lowest BCUT2D eigenvalue weighted by atomic mass is 10.2. The van der Waals surface area contributed by atoms with Crippen molar-refractivity contribution in [2.24, 2.45) is 0 Å². The molecule has 0 radical (unpaired) electrons. The number of aromatic nitrogens is 2. The fraction of sp³-hybridized carbons (Fsp3) is 0.778. The third-order valence-corrected chi connectivity index (χ3v) is 5.60. The molecule has 7 nitrogen and oxygen atoms in total. The number of carbonyl (C=O) groups excluding carboxylic acids is 1. The highest BCUT2D eigenvalue weighted by Crippen LogP contribution is 2.22. The van der Waals surface area contributed by atoms with E-state index in [1.54, 1.807) is 6.20 Å². The third kappa shape index (κ3) is 4.15. The Hall–Kier alpha value is -1.60. The lowest BCUT2D eigenvalue weighted by molar-refractivity contribution is 0.0940. The van der Waals surface area contributed by atoms with Crippen molar-refractivity contribution in [1.29, 1.82) is 0 Å². The van der Waals surface area contributed by atoms with Gasteiger partial charge in [-0.1, -0.05) is 0 Å². The molecule has 0 saturated carbocycles. The zero-order valence-corrected chi connectivity index (χ0v) is 14.9. The molecule has 3 aliphatic heterocycles. The van der Waals surface area contributed by atoms with Gasteiger partial charge in [-0.2, -0.15) is 5.10 Å². The van der Waals surface area contributed by atoms with Gasteiger partial charge in [-0.25, -0.2) is 4.79 Å². The minimum absolute atomic E-state index is 0.0124. The Balaban J connectivity index is 1.30. The maximum absolute atomic E-state index is 12.7. The molecule has 25 heavy (non-hydrogen) atoms. The van der Waals surface area contributed by atoms with Gasteiger partial charge in [-0.15, -0.1) is 0 Å². The first-order valence-corrected chi connectivity index (χ1v) is 9.72. The molecule has 138 valence electrons. The number of anilines is 1. The van der Waals surface area contributed by atoms with Crippen molar-refractivity contribution >= 4 is 11.7 Å².